The lowest BCUT2D eigenvalue weighted by Crippen LogP contribution is -2.05. The minimum atomic E-state index is 0.938. The zero-order chi connectivity index (χ0) is 10.9. The van der Waals surface area contributed by atoms with E-state index in [-0.39, 0.29) is 0 Å². The number of hydrazine groups is 1. The molecule has 0 fully saturated rings. The Morgan fingerprint density at radius 1 is 0.800 bits per heavy atom. The second-order valence-corrected chi connectivity index (χ2v) is 3.17. The van der Waals surface area contributed by atoms with Crippen LogP contribution in [0.15, 0.2) is 60.7 Å². The van der Waals surface area contributed by atoms with Crippen LogP contribution in [-0.4, -0.2) is 0 Å². The third-order valence-corrected chi connectivity index (χ3v) is 1.88. The molecule has 15 heavy (non-hydrogen) atoms. The van der Waals surface area contributed by atoms with Gasteiger partial charge in [-0.2, -0.15) is 0 Å². The number of hydrogen-bond acceptors (Lipinski definition) is 2. The smallest absolute Gasteiger partial charge is 0.0485 e. The van der Waals surface area contributed by atoms with Crippen molar-refractivity contribution in [2.75, 3.05) is 5.43 Å². The summed E-state index contributed by atoms with van der Waals surface area (Å²) in [5.41, 5.74) is 4.79. The van der Waals surface area contributed by atoms with Crippen molar-refractivity contribution in [3.05, 3.63) is 66.2 Å². The lowest BCUT2D eigenvalue weighted by atomic mass is 10.2. The van der Waals surface area contributed by atoms with Crippen LogP contribution in [0.5, 0.6) is 0 Å². The monoisotopic (exact) mass is 200 g/mol. The van der Waals surface area contributed by atoms with Crippen LogP contribution in [0.3, 0.4) is 0 Å². The van der Waals surface area contributed by atoms with Crippen molar-refractivity contribution in [2.45, 2.75) is 6.92 Å². The molecule has 2 heteroatoms. The van der Waals surface area contributed by atoms with E-state index in [1.54, 1.807) is 0 Å². The van der Waals surface area contributed by atoms with Gasteiger partial charge in [-0.25, -0.2) is 0 Å². The van der Waals surface area contributed by atoms with E-state index < -0.39 is 0 Å². The van der Waals surface area contributed by atoms with Gasteiger partial charge >= 0.3 is 0 Å². The van der Waals surface area contributed by atoms with Crippen LogP contribution >= 0.6 is 0 Å². The van der Waals surface area contributed by atoms with Crippen LogP contribution in [0.25, 0.3) is 0 Å². The number of anilines is 1. The predicted molar refractivity (Wildman–Crippen MR) is 65.4 cm³/mol. The Labute approximate surface area is 90.7 Å². The van der Waals surface area contributed by atoms with Gasteiger partial charge in [-0.1, -0.05) is 54.1 Å². The van der Waals surface area contributed by atoms with Crippen LogP contribution in [0.2, 0.25) is 0 Å². The predicted octanol–water partition coefficient (Wildman–Crippen LogP) is 2.97. The minimum absolute atomic E-state index is 0.938. The Morgan fingerprint density at radius 2 is 1.27 bits per heavy atom. The highest BCUT2D eigenvalue weighted by Gasteiger charge is 1.78. The summed E-state index contributed by atoms with van der Waals surface area (Å²) in [5.74, 6) is 5.10. The van der Waals surface area contributed by atoms with Gasteiger partial charge in [-0.15, -0.1) is 0 Å². The summed E-state index contributed by atoms with van der Waals surface area (Å²) in [6, 6.07) is 19.9. The van der Waals surface area contributed by atoms with Crippen LogP contribution in [0, 0.1) is 6.92 Å². The molecule has 2 aromatic carbocycles. The average molecular weight is 200 g/mol. The van der Waals surface area contributed by atoms with E-state index in [4.69, 9.17) is 5.84 Å². The first-order chi connectivity index (χ1) is 7.33. The number of benzene rings is 2. The molecule has 0 atom stereocenters. The molecular weight excluding hydrogens is 184 g/mol. The molecule has 2 nitrogen and oxygen atoms in total. The number of rotatable bonds is 1. The van der Waals surface area contributed by atoms with E-state index >= 15 is 0 Å². The summed E-state index contributed by atoms with van der Waals surface area (Å²) in [7, 11) is 0. The molecule has 2 aromatic rings. The van der Waals surface area contributed by atoms with Gasteiger partial charge in [0, 0.05) is 5.69 Å². The first-order valence-electron chi connectivity index (χ1n) is 4.86. The summed E-state index contributed by atoms with van der Waals surface area (Å²) in [6.07, 6.45) is 0. The zero-order valence-corrected chi connectivity index (χ0v) is 8.85. The number of aryl methyl sites for hydroxylation is 1. The maximum Gasteiger partial charge on any atom is 0.0485 e. The Balaban J connectivity index is 0.000000151. The van der Waals surface area contributed by atoms with Gasteiger partial charge in [0.15, 0.2) is 0 Å². The number of para-hydroxylation sites is 1. The largest absolute Gasteiger partial charge is 0.324 e. The summed E-state index contributed by atoms with van der Waals surface area (Å²) < 4.78 is 0. The molecule has 0 aromatic heterocycles. The van der Waals surface area contributed by atoms with Crippen molar-refractivity contribution in [1.82, 2.24) is 0 Å². The quantitative estimate of drug-likeness (QED) is 0.548. The number of nitrogen functional groups attached to an aromatic ring is 1. The third-order valence-electron chi connectivity index (χ3n) is 1.88. The summed E-state index contributed by atoms with van der Waals surface area (Å²) in [6.45, 7) is 2.08. The van der Waals surface area contributed by atoms with E-state index in [9.17, 15) is 0 Å². The van der Waals surface area contributed by atoms with Crippen LogP contribution in [0.1, 0.15) is 5.56 Å². The second kappa shape index (κ2) is 6.62. The van der Waals surface area contributed by atoms with Gasteiger partial charge in [0.2, 0.25) is 0 Å². The van der Waals surface area contributed by atoms with Gasteiger partial charge in [-0.05, 0) is 19.1 Å². The minimum Gasteiger partial charge on any atom is -0.324 e. The second-order valence-electron chi connectivity index (χ2n) is 3.17. The molecule has 3 N–H and O–H groups in total. The van der Waals surface area contributed by atoms with Crippen molar-refractivity contribution < 1.29 is 0 Å². The number of nitrogens with two attached hydrogens (primary N) is 1. The van der Waals surface area contributed by atoms with Crippen molar-refractivity contribution >= 4 is 5.69 Å². The first-order valence-corrected chi connectivity index (χ1v) is 4.86. The highest BCUT2D eigenvalue weighted by molar-refractivity contribution is 5.40. The van der Waals surface area contributed by atoms with Crippen molar-refractivity contribution in [3.63, 3.8) is 0 Å². The molecule has 0 saturated heterocycles. The molecule has 0 unspecified atom stereocenters. The van der Waals surface area contributed by atoms with E-state index in [1.165, 1.54) is 5.56 Å². The van der Waals surface area contributed by atoms with Gasteiger partial charge in [0.05, 0.1) is 0 Å². The SMILES string of the molecule is Cc1ccccc1.NNc1ccccc1. The molecule has 0 bridgehead atoms. The van der Waals surface area contributed by atoms with E-state index in [0.717, 1.165) is 5.69 Å². The van der Waals surface area contributed by atoms with Crippen LogP contribution in [-0.2, 0) is 0 Å². The summed E-state index contributed by atoms with van der Waals surface area (Å²) >= 11 is 0. The van der Waals surface area contributed by atoms with Gasteiger partial charge in [0.25, 0.3) is 0 Å². The summed E-state index contributed by atoms with van der Waals surface area (Å²) in [5, 5.41) is 0. The average Bonchev–Trinajstić information content (AvgIpc) is 2.32. The number of nitrogens with one attached hydrogen (secondary N) is 1. The van der Waals surface area contributed by atoms with Gasteiger partial charge in [-0.3, -0.25) is 5.84 Å². The number of hydrogen-bond donors (Lipinski definition) is 2. The highest BCUT2D eigenvalue weighted by Crippen LogP contribution is 2.00. The Kier molecular flexibility index (Phi) is 4.98. The normalized spacial score (nSPS) is 8.67. The fourth-order valence-electron chi connectivity index (χ4n) is 1.07. The third kappa shape index (κ3) is 4.84. The van der Waals surface area contributed by atoms with Crippen molar-refractivity contribution in [3.8, 4) is 0 Å². The van der Waals surface area contributed by atoms with E-state index in [0.29, 0.717) is 0 Å². The Morgan fingerprint density at radius 3 is 1.53 bits per heavy atom. The Bertz CT molecular complexity index is 357. The molecule has 2 rings (SSSR count). The fourth-order valence-corrected chi connectivity index (χ4v) is 1.07. The van der Waals surface area contributed by atoms with Crippen LogP contribution in [0.4, 0.5) is 5.69 Å². The van der Waals surface area contributed by atoms with Crippen LogP contribution < -0.4 is 11.3 Å². The maximum atomic E-state index is 5.10. The molecule has 0 aliphatic carbocycles. The molecule has 0 spiro atoms. The molecule has 0 aliphatic rings. The van der Waals surface area contributed by atoms with E-state index in [2.05, 4.69) is 24.5 Å². The topological polar surface area (TPSA) is 38.0 Å². The standard InChI is InChI=1S/C7H8.C6H8N2/c1-7-5-3-2-4-6-7;7-8-6-4-2-1-3-5-6/h2-6H,1H3;1-5,8H,7H2. The summed E-state index contributed by atoms with van der Waals surface area (Å²) in [4.78, 5) is 0. The Hall–Kier alpha value is -1.80. The molecule has 0 radical (unpaired) electrons. The van der Waals surface area contributed by atoms with Gasteiger partial charge in [0.1, 0.15) is 0 Å². The molecular formula is C13H16N2. The van der Waals surface area contributed by atoms with E-state index in [1.807, 2.05) is 48.5 Å². The fraction of sp³-hybridized carbons (Fsp3) is 0.0769. The van der Waals surface area contributed by atoms with Crippen molar-refractivity contribution in [2.24, 2.45) is 5.84 Å². The zero-order valence-electron chi connectivity index (χ0n) is 8.85. The maximum absolute atomic E-state index is 5.10. The molecule has 78 valence electrons. The lowest BCUT2D eigenvalue weighted by Gasteiger charge is -1.94. The molecule has 0 saturated carbocycles. The van der Waals surface area contributed by atoms with Crippen molar-refractivity contribution in [1.29, 1.82) is 0 Å². The first kappa shape index (κ1) is 11.3. The molecule has 0 aliphatic heterocycles. The molecule has 0 amide bonds. The molecule has 0 heterocycles. The lowest BCUT2D eigenvalue weighted by molar-refractivity contribution is 1.35. The van der Waals surface area contributed by atoms with Gasteiger partial charge < -0.3 is 5.43 Å². The highest BCUT2D eigenvalue weighted by atomic mass is 15.2.